The van der Waals surface area contributed by atoms with Crippen LogP contribution in [0, 0.1) is 6.92 Å². The molecule has 0 aromatic carbocycles. The summed E-state index contributed by atoms with van der Waals surface area (Å²) < 4.78 is 0. The van der Waals surface area contributed by atoms with Gasteiger partial charge in [-0.15, -0.1) is 0 Å². The lowest BCUT2D eigenvalue weighted by Crippen LogP contribution is -2.44. The fraction of sp³-hybridized carbons (Fsp3) is 0.364. The van der Waals surface area contributed by atoms with E-state index in [0.717, 1.165) is 0 Å². The van der Waals surface area contributed by atoms with Gasteiger partial charge in [-0.3, -0.25) is 9.78 Å². The second-order valence-electron chi connectivity index (χ2n) is 3.60. The first-order valence-electron chi connectivity index (χ1n) is 5.30. The van der Waals surface area contributed by atoms with E-state index in [0.29, 0.717) is 17.7 Å². The summed E-state index contributed by atoms with van der Waals surface area (Å²) in [5.74, 6) is -0.295. The molecule has 0 spiro atoms. The van der Waals surface area contributed by atoms with Crippen LogP contribution in [0.15, 0.2) is 23.5 Å². The fourth-order valence-electron chi connectivity index (χ4n) is 1.42. The summed E-state index contributed by atoms with van der Waals surface area (Å²) in [5.41, 5.74) is 6.58. The quantitative estimate of drug-likeness (QED) is 0.309. The highest BCUT2D eigenvalue weighted by atomic mass is 16.4. The summed E-state index contributed by atoms with van der Waals surface area (Å²) in [6, 6.07) is 2.88. The monoisotopic (exact) mass is 236 g/mol. The molecular formula is C11H16N4O2. The van der Waals surface area contributed by atoms with Gasteiger partial charge in [0.25, 0.3) is 5.91 Å². The van der Waals surface area contributed by atoms with Gasteiger partial charge in [0.05, 0.1) is 11.6 Å². The average Bonchev–Trinajstić information content (AvgIpc) is 2.35. The van der Waals surface area contributed by atoms with Crippen molar-refractivity contribution in [1.82, 2.24) is 10.3 Å². The maximum Gasteiger partial charge on any atom is 0.253 e. The summed E-state index contributed by atoms with van der Waals surface area (Å²) >= 11 is 0. The van der Waals surface area contributed by atoms with Crippen molar-refractivity contribution < 1.29 is 10.0 Å². The molecule has 0 aliphatic rings. The summed E-state index contributed by atoms with van der Waals surface area (Å²) in [5, 5.41) is 14.1. The number of carbonyl (C=O) groups excluding carboxylic acids is 1. The third-order valence-corrected chi connectivity index (χ3v) is 2.44. The number of amides is 1. The third kappa shape index (κ3) is 3.17. The van der Waals surface area contributed by atoms with Crippen LogP contribution in [-0.2, 0) is 0 Å². The van der Waals surface area contributed by atoms with Crippen LogP contribution >= 0.6 is 0 Å². The molecule has 0 saturated heterocycles. The van der Waals surface area contributed by atoms with Crippen LogP contribution in [0.25, 0.3) is 0 Å². The molecule has 1 unspecified atom stereocenters. The molecule has 0 bridgehead atoms. The number of hydrogen-bond acceptors (Lipinski definition) is 4. The number of hydrogen-bond donors (Lipinski definition) is 3. The van der Waals surface area contributed by atoms with Gasteiger partial charge in [-0.05, 0) is 25.5 Å². The molecule has 0 aliphatic heterocycles. The summed E-state index contributed by atoms with van der Waals surface area (Å²) in [6.45, 7) is 3.58. The number of carbonyl (C=O) groups is 1. The first-order chi connectivity index (χ1) is 8.10. The molecule has 0 radical (unpaired) electrons. The van der Waals surface area contributed by atoms with Crippen LogP contribution in [0.2, 0.25) is 0 Å². The lowest BCUT2D eigenvalue weighted by Gasteiger charge is -2.15. The van der Waals surface area contributed by atoms with Gasteiger partial charge in [-0.25, -0.2) is 0 Å². The van der Waals surface area contributed by atoms with Gasteiger partial charge in [-0.1, -0.05) is 12.1 Å². The van der Waals surface area contributed by atoms with Crippen LogP contribution in [0.4, 0.5) is 0 Å². The highest BCUT2D eigenvalue weighted by molar-refractivity contribution is 5.98. The Balaban J connectivity index is 2.82. The normalized spacial score (nSPS) is 13.2. The van der Waals surface area contributed by atoms with E-state index in [4.69, 9.17) is 10.9 Å². The Hall–Kier alpha value is -2.11. The van der Waals surface area contributed by atoms with Crippen LogP contribution < -0.4 is 11.1 Å². The number of oxime groups is 1. The molecule has 1 heterocycles. The topological polar surface area (TPSA) is 101 Å². The predicted molar refractivity (Wildman–Crippen MR) is 63.9 cm³/mol. The van der Waals surface area contributed by atoms with Crippen LogP contribution in [-0.4, -0.2) is 28.0 Å². The third-order valence-electron chi connectivity index (χ3n) is 2.44. The van der Waals surface area contributed by atoms with Gasteiger partial charge in [0.15, 0.2) is 5.84 Å². The van der Waals surface area contributed by atoms with Gasteiger partial charge >= 0.3 is 0 Å². The standard InChI is InChI=1S/C11H16N4O2/c1-3-9(10(12)15-17)14-11(16)8-5-4-6-13-7(8)2/h4-6,9,17H,3H2,1-2H3,(H2,12,15)(H,14,16). The second-order valence-corrected chi connectivity index (χ2v) is 3.60. The molecule has 0 aliphatic carbocycles. The Labute approximate surface area is 99.5 Å². The zero-order valence-electron chi connectivity index (χ0n) is 9.84. The van der Waals surface area contributed by atoms with Crippen molar-refractivity contribution in [2.45, 2.75) is 26.3 Å². The number of aromatic nitrogens is 1. The van der Waals surface area contributed by atoms with Crippen molar-refractivity contribution in [1.29, 1.82) is 0 Å². The van der Waals surface area contributed by atoms with E-state index in [1.807, 2.05) is 6.92 Å². The van der Waals surface area contributed by atoms with Gasteiger partial charge < -0.3 is 16.3 Å². The molecule has 17 heavy (non-hydrogen) atoms. The Morgan fingerprint density at radius 2 is 2.41 bits per heavy atom. The first kappa shape index (κ1) is 13.0. The first-order valence-corrected chi connectivity index (χ1v) is 5.30. The molecule has 1 amide bonds. The molecule has 1 aromatic heterocycles. The Morgan fingerprint density at radius 3 is 2.94 bits per heavy atom. The number of nitrogens with one attached hydrogen (secondary N) is 1. The van der Waals surface area contributed by atoms with Crippen molar-refractivity contribution in [3.8, 4) is 0 Å². The number of rotatable bonds is 4. The molecule has 1 atom stereocenters. The Morgan fingerprint density at radius 1 is 1.71 bits per heavy atom. The Kier molecular flexibility index (Phi) is 4.45. The number of aryl methyl sites for hydroxylation is 1. The van der Waals surface area contributed by atoms with E-state index >= 15 is 0 Å². The summed E-state index contributed by atoms with van der Waals surface area (Å²) in [6.07, 6.45) is 2.16. The van der Waals surface area contributed by atoms with Crippen molar-refractivity contribution in [2.75, 3.05) is 0 Å². The van der Waals surface area contributed by atoms with Gasteiger partial charge in [0.2, 0.25) is 0 Å². The van der Waals surface area contributed by atoms with E-state index in [9.17, 15) is 4.79 Å². The van der Waals surface area contributed by atoms with Crippen LogP contribution in [0.3, 0.4) is 0 Å². The molecule has 1 aromatic rings. The lowest BCUT2D eigenvalue weighted by molar-refractivity contribution is 0.0944. The summed E-state index contributed by atoms with van der Waals surface area (Å²) in [4.78, 5) is 15.9. The minimum Gasteiger partial charge on any atom is -0.409 e. The minimum atomic E-state index is -0.480. The van der Waals surface area contributed by atoms with E-state index in [1.54, 1.807) is 25.3 Å². The average molecular weight is 236 g/mol. The number of amidine groups is 1. The van der Waals surface area contributed by atoms with E-state index in [2.05, 4.69) is 15.5 Å². The predicted octanol–water partition coefficient (Wildman–Crippen LogP) is 0.645. The van der Waals surface area contributed by atoms with Gasteiger partial charge in [0.1, 0.15) is 0 Å². The molecule has 6 heteroatoms. The minimum absolute atomic E-state index is 0.0117. The highest BCUT2D eigenvalue weighted by Crippen LogP contribution is 2.04. The molecule has 0 saturated carbocycles. The molecule has 92 valence electrons. The van der Waals surface area contributed by atoms with Gasteiger partial charge in [0, 0.05) is 11.9 Å². The number of nitrogens with two attached hydrogens (primary N) is 1. The van der Waals surface area contributed by atoms with Crippen molar-refractivity contribution in [3.63, 3.8) is 0 Å². The molecule has 0 fully saturated rings. The van der Waals surface area contributed by atoms with Gasteiger partial charge in [-0.2, -0.15) is 0 Å². The van der Waals surface area contributed by atoms with Crippen LogP contribution in [0.5, 0.6) is 0 Å². The highest BCUT2D eigenvalue weighted by Gasteiger charge is 2.17. The zero-order chi connectivity index (χ0) is 12.8. The Bertz CT molecular complexity index is 431. The summed E-state index contributed by atoms with van der Waals surface area (Å²) in [7, 11) is 0. The lowest BCUT2D eigenvalue weighted by atomic mass is 10.1. The molecule has 6 nitrogen and oxygen atoms in total. The largest absolute Gasteiger partial charge is 0.409 e. The maximum absolute atomic E-state index is 11.9. The van der Waals surface area contributed by atoms with Crippen LogP contribution in [0.1, 0.15) is 29.4 Å². The van der Waals surface area contributed by atoms with E-state index < -0.39 is 6.04 Å². The fourth-order valence-corrected chi connectivity index (χ4v) is 1.42. The number of pyridine rings is 1. The molecular weight excluding hydrogens is 220 g/mol. The second kappa shape index (κ2) is 5.83. The van der Waals surface area contributed by atoms with E-state index in [1.165, 1.54) is 0 Å². The van der Waals surface area contributed by atoms with Crippen molar-refractivity contribution in [2.24, 2.45) is 10.9 Å². The smallest absolute Gasteiger partial charge is 0.253 e. The maximum atomic E-state index is 11.9. The zero-order valence-corrected chi connectivity index (χ0v) is 9.84. The van der Waals surface area contributed by atoms with E-state index in [-0.39, 0.29) is 11.7 Å². The molecule has 4 N–H and O–H groups in total. The number of nitrogens with zero attached hydrogens (tertiary/aromatic N) is 2. The van der Waals surface area contributed by atoms with Crippen molar-refractivity contribution >= 4 is 11.7 Å². The van der Waals surface area contributed by atoms with Crippen molar-refractivity contribution in [3.05, 3.63) is 29.6 Å². The molecule has 1 rings (SSSR count). The SMILES string of the molecule is CCC(NC(=O)c1cccnc1C)C(N)=NO.